The molecule has 0 aliphatic heterocycles. The third-order valence-electron chi connectivity index (χ3n) is 3.22. The maximum Gasteiger partial charge on any atom is 0.240 e. The zero-order chi connectivity index (χ0) is 15.3. The van der Waals surface area contributed by atoms with Crippen molar-refractivity contribution in [3.8, 4) is 0 Å². The fraction of sp³-hybridized carbons (Fsp3) is 0.571. The predicted octanol–water partition coefficient (Wildman–Crippen LogP) is 1.32. The molecule has 0 saturated carbocycles. The Morgan fingerprint density at radius 3 is 2.50 bits per heavy atom. The van der Waals surface area contributed by atoms with Gasteiger partial charge in [-0.15, -0.1) is 0 Å². The van der Waals surface area contributed by atoms with Crippen LogP contribution in [0.4, 0.5) is 0 Å². The fourth-order valence-electron chi connectivity index (χ4n) is 2.06. The van der Waals surface area contributed by atoms with Crippen LogP contribution in [-0.4, -0.2) is 28.7 Å². The molecule has 114 valence electrons. The first-order valence-corrected chi connectivity index (χ1v) is 8.09. The van der Waals surface area contributed by atoms with Crippen molar-refractivity contribution in [2.75, 3.05) is 20.3 Å². The summed E-state index contributed by atoms with van der Waals surface area (Å²) < 4.78 is 32.3. The van der Waals surface area contributed by atoms with Crippen molar-refractivity contribution in [3.63, 3.8) is 0 Å². The molecule has 20 heavy (non-hydrogen) atoms. The van der Waals surface area contributed by atoms with Crippen molar-refractivity contribution in [2.45, 2.75) is 32.2 Å². The van der Waals surface area contributed by atoms with E-state index in [9.17, 15) is 8.42 Å². The summed E-state index contributed by atoms with van der Waals surface area (Å²) >= 11 is 0. The van der Waals surface area contributed by atoms with E-state index in [0.717, 1.165) is 16.7 Å². The largest absolute Gasteiger partial charge is 0.384 e. The summed E-state index contributed by atoms with van der Waals surface area (Å²) in [5.74, 6) is 0.120. The number of nitrogens with one attached hydrogen (secondary N) is 1. The lowest BCUT2D eigenvalue weighted by Gasteiger charge is -2.15. The molecule has 1 aromatic rings. The van der Waals surface area contributed by atoms with E-state index >= 15 is 0 Å². The van der Waals surface area contributed by atoms with Gasteiger partial charge in [0.1, 0.15) is 0 Å². The molecule has 5 nitrogen and oxygen atoms in total. The van der Waals surface area contributed by atoms with Crippen LogP contribution in [0.15, 0.2) is 17.0 Å². The summed E-state index contributed by atoms with van der Waals surface area (Å²) in [5.41, 5.74) is 8.23. The number of rotatable bonds is 7. The average molecular weight is 300 g/mol. The van der Waals surface area contributed by atoms with Gasteiger partial charge in [0.15, 0.2) is 0 Å². The fourth-order valence-corrected chi connectivity index (χ4v) is 3.50. The maximum atomic E-state index is 12.3. The first kappa shape index (κ1) is 17.1. The highest BCUT2D eigenvalue weighted by Crippen LogP contribution is 2.20. The number of hydrogen-bond donors (Lipinski definition) is 2. The van der Waals surface area contributed by atoms with Gasteiger partial charge in [-0.2, -0.15) is 0 Å². The van der Waals surface area contributed by atoms with Gasteiger partial charge in [-0.1, -0.05) is 13.0 Å². The average Bonchev–Trinajstić information content (AvgIpc) is 2.37. The van der Waals surface area contributed by atoms with Crippen LogP contribution in [0, 0.1) is 19.8 Å². The van der Waals surface area contributed by atoms with Crippen molar-refractivity contribution < 1.29 is 13.2 Å². The molecule has 0 amide bonds. The summed E-state index contributed by atoms with van der Waals surface area (Å²) in [7, 11) is -1.91. The summed E-state index contributed by atoms with van der Waals surface area (Å²) in [6, 6.07) is 3.52. The molecule has 0 heterocycles. The molecule has 0 aromatic heterocycles. The summed E-state index contributed by atoms with van der Waals surface area (Å²) in [6.07, 6.45) is 0. The molecular formula is C14H24N2O3S. The van der Waals surface area contributed by atoms with Crippen LogP contribution in [0.3, 0.4) is 0 Å². The molecule has 0 radical (unpaired) electrons. The second-order valence-electron chi connectivity index (χ2n) is 5.16. The number of sulfonamides is 1. The van der Waals surface area contributed by atoms with Crippen LogP contribution in [0.2, 0.25) is 0 Å². The molecule has 1 rings (SSSR count). The highest BCUT2D eigenvalue weighted by atomic mass is 32.2. The van der Waals surface area contributed by atoms with Gasteiger partial charge < -0.3 is 10.5 Å². The minimum absolute atomic E-state index is 0.120. The second kappa shape index (κ2) is 7.17. The number of hydrogen-bond acceptors (Lipinski definition) is 4. The van der Waals surface area contributed by atoms with E-state index in [1.54, 1.807) is 20.1 Å². The third kappa shape index (κ3) is 4.28. The van der Waals surface area contributed by atoms with Gasteiger partial charge in [0.2, 0.25) is 10.0 Å². The van der Waals surface area contributed by atoms with E-state index in [1.807, 2.05) is 19.9 Å². The monoisotopic (exact) mass is 300 g/mol. The lowest BCUT2D eigenvalue weighted by atomic mass is 10.1. The van der Waals surface area contributed by atoms with Crippen LogP contribution in [-0.2, 0) is 21.3 Å². The summed E-state index contributed by atoms with van der Waals surface area (Å²) in [6.45, 7) is 6.85. The van der Waals surface area contributed by atoms with Crippen LogP contribution in [0.5, 0.6) is 0 Å². The Hall–Kier alpha value is -0.950. The Labute approximate surface area is 121 Å². The van der Waals surface area contributed by atoms with E-state index in [-0.39, 0.29) is 5.92 Å². The molecular weight excluding hydrogens is 276 g/mol. The molecule has 0 aliphatic rings. The Morgan fingerprint density at radius 1 is 1.30 bits per heavy atom. The topological polar surface area (TPSA) is 81.4 Å². The van der Waals surface area contributed by atoms with Gasteiger partial charge in [-0.3, -0.25) is 0 Å². The van der Waals surface area contributed by atoms with E-state index in [0.29, 0.717) is 24.6 Å². The van der Waals surface area contributed by atoms with E-state index in [4.69, 9.17) is 10.5 Å². The minimum atomic E-state index is -3.51. The zero-order valence-electron chi connectivity index (χ0n) is 12.6. The second-order valence-corrected chi connectivity index (χ2v) is 6.90. The first-order valence-electron chi connectivity index (χ1n) is 6.60. The Bertz CT molecular complexity index is 556. The SMILES string of the molecule is COCC(C)CNS(=O)(=O)c1cc(CN)c(C)cc1C. The van der Waals surface area contributed by atoms with E-state index in [2.05, 4.69) is 4.72 Å². The van der Waals surface area contributed by atoms with Crippen molar-refractivity contribution in [2.24, 2.45) is 11.7 Å². The molecule has 0 spiro atoms. The normalized spacial score (nSPS) is 13.4. The van der Waals surface area contributed by atoms with Gasteiger partial charge >= 0.3 is 0 Å². The predicted molar refractivity (Wildman–Crippen MR) is 80.0 cm³/mol. The van der Waals surface area contributed by atoms with Gasteiger partial charge in [0, 0.05) is 26.8 Å². The van der Waals surface area contributed by atoms with Crippen molar-refractivity contribution in [1.29, 1.82) is 0 Å². The molecule has 0 bridgehead atoms. The quantitative estimate of drug-likeness (QED) is 0.796. The molecule has 1 aromatic carbocycles. The molecule has 1 atom stereocenters. The minimum Gasteiger partial charge on any atom is -0.384 e. The Balaban J connectivity index is 2.98. The number of benzene rings is 1. The Kier molecular flexibility index (Phi) is 6.13. The smallest absolute Gasteiger partial charge is 0.240 e. The van der Waals surface area contributed by atoms with Crippen LogP contribution in [0.1, 0.15) is 23.6 Å². The molecule has 0 saturated heterocycles. The number of ether oxygens (including phenoxy) is 1. The molecule has 0 aliphatic carbocycles. The van der Waals surface area contributed by atoms with Gasteiger partial charge in [0.25, 0.3) is 0 Å². The summed E-state index contributed by atoms with van der Waals surface area (Å²) in [4.78, 5) is 0.299. The standard InChI is InChI=1S/C14H24N2O3S/c1-10(9-19-4)8-16-20(17,18)14-6-13(7-15)11(2)5-12(14)3/h5-6,10,16H,7-9,15H2,1-4H3. The molecule has 6 heteroatoms. The third-order valence-corrected chi connectivity index (χ3v) is 4.78. The summed E-state index contributed by atoms with van der Waals surface area (Å²) in [5, 5.41) is 0. The highest BCUT2D eigenvalue weighted by molar-refractivity contribution is 7.89. The van der Waals surface area contributed by atoms with Crippen molar-refractivity contribution in [3.05, 3.63) is 28.8 Å². The Morgan fingerprint density at radius 2 is 1.95 bits per heavy atom. The van der Waals surface area contributed by atoms with Gasteiger partial charge in [-0.05, 0) is 42.5 Å². The molecule has 0 fully saturated rings. The van der Waals surface area contributed by atoms with Gasteiger partial charge in [0.05, 0.1) is 4.90 Å². The van der Waals surface area contributed by atoms with E-state index in [1.165, 1.54) is 0 Å². The highest BCUT2D eigenvalue weighted by Gasteiger charge is 2.19. The first-order chi connectivity index (χ1) is 9.31. The lowest BCUT2D eigenvalue weighted by Crippen LogP contribution is -2.30. The maximum absolute atomic E-state index is 12.3. The van der Waals surface area contributed by atoms with Crippen LogP contribution in [0.25, 0.3) is 0 Å². The van der Waals surface area contributed by atoms with E-state index < -0.39 is 10.0 Å². The van der Waals surface area contributed by atoms with Crippen LogP contribution >= 0.6 is 0 Å². The number of methoxy groups -OCH3 is 1. The molecule has 1 unspecified atom stereocenters. The lowest BCUT2D eigenvalue weighted by molar-refractivity contribution is 0.161. The van der Waals surface area contributed by atoms with Crippen molar-refractivity contribution in [1.82, 2.24) is 4.72 Å². The number of aryl methyl sites for hydroxylation is 2. The zero-order valence-corrected chi connectivity index (χ0v) is 13.4. The van der Waals surface area contributed by atoms with Crippen molar-refractivity contribution >= 4 is 10.0 Å². The van der Waals surface area contributed by atoms with Gasteiger partial charge in [-0.25, -0.2) is 13.1 Å². The molecule has 3 N–H and O–H groups in total. The number of nitrogens with two attached hydrogens (primary N) is 1. The van der Waals surface area contributed by atoms with Crippen LogP contribution < -0.4 is 10.5 Å².